The van der Waals surface area contributed by atoms with Gasteiger partial charge in [-0.1, -0.05) is 182 Å². The predicted octanol–water partition coefficient (Wildman–Crippen LogP) is 12.0. The van der Waals surface area contributed by atoms with Crippen molar-refractivity contribution >= 4 is 100 Å². The maximum absolute atomic E-state index is 5.50. The molecule has 0 bridgehead atoms. The molecule has 314 valence electrons. The average molecular weight is 872 g/mol. The highest BCUT2D eigenvalue weighted by molar-refractivity contribution is 7.19. The highest BCUT2D eigenvalue weighted by atomic mass is 28.3. The summed E-state index contributed by atoms with van der Waals surface area (Å²) in [5.41, 5.74) is 12.1. The lowest BCUT2D eigenvalue weighted by atomic mass is 10.2. The standard InChI is InChI=1S/C61H41N5Si/c1-4-20-43(21-5-1)67(44-22-6-2-7-23-44,45-24-8-3-9-25-45)46-37-39-58(60(41-46)64-54-33-17-12-28-49(54)50-29-13-18-34-55(50)64)66-57-38-36-42(40-59(57)65-56-35-19-14-30-51(56)62-61(65)66)63-52-31-15-10-26-47(52)48-27-11-16-32-53(48)63/h1-41H. The molecule has 0 saturated carbocycles. The van der Waals surface area contributed by atoms with Crippen molar-refractivity contribution in [2.45, 2.75) is 0 Å². The molecule has 0 N–H and O–H groups in total. The van der Waals surface area contributed by atoms with Gasteiger partial charge in [0, 0.05) is 27.2 Å². The monoisotopic (exact) mass is 871 g/mol. The zero-order chi connectivity index (χ0) is 44.1. The Kier molecular flexibility index (Phi) is 8.23. The predicted molar refractivity (Wildman–Crippen MR) is 282 cm³/mol. The van der Waals surface area contributed by atoms with Crippen LogP contribution in [-0.4, -0.2) is 31.2 Å². The summed E-state index contributed by atoms with van der Waals surface area (Å²) in [6, 6.07) is 91.6. The van der Waals surface area contributed by atoms with E-state index in [1.807, 2.05) is 0 Å². The van der Waals surface area contributed by atoms with Gasteiger partial charge in [-0.2, -0.15) is 0 Å². The molecule has 0 aliphatic heterocycles. The summed E-state index contributed by atoms with van der Waals surface area (Å²) >= 11 is 0. The van der Waals surface area contributed by atoms with Crippen molar-refractivity contribution in [2.24, 2.45) is 0 Å². The molecule has 4 heterocycles. The lowest BCUT2D eigenvalue weighted by Gasteiger charge is -2.35. The van der Waals surface area contributed by atoms with Gasteiger partial charge in [-0.15, -0.1) is 0 Å². The van der Waals surface area contributed by atoms with E-state index in [0.29, 0.717) is 0 Å². The smallest absolute Gasteiger partial charge is 0.220 e. The van der Waals surface area contributed by atoms with Gasteiger partial charge in [0.2, 0.25) is 5.78 Å². The molecule has 0 unspecified atom stereocenters. The van der Waals surface area contributed by atoms with E-state index in [0.717, 1.165) is 55.9 Å². The number of imidazole rings is 2. The topological polar surface area (TPSA) is 32.1 Å². The maximum atomic E-state index is 5.50. The number of fused-ring (bicyclic) bond motifs is 11. The van der Waals surface area contributed by atoms with Gasteiger partial charge < -0.3 is 9.13 Å². The zero-order valence-electron chi connectivity index (χ0n) is 36.4. The second kappa shape index (κ2) is 14.7. The largest absolute Gasteiger partial charge is 0.309 e. The van der Waals surface area contributed by atoms with Gasteiger partial charge in [0.15, 0.2) is 8.07 Å². The van der Waals surface area contributed by atoms with Crippen molar-refractivity contribution in [1.29, 1.82) is 0 Å². The third-order valence-electron chi connectivity index (χ3n) is 14.1. The molecule has 14 rings (SSSR count). The van der Waals surface area contributed by atoms with Gasteiger partial charge in [-0.25, -0.2) is 4.98 Å². The van der Waals surface area contributed by atoms with Crippen LogP contribution in [0.2, 0.25) is 0 Å². The van der Waals surface area contributed by atoms with Gasteiger partial charge in [0.05, 0.1) is 55.5 Å². The number of aromatic nitrogens is 5. The normalized spacial score (nSPS) is 12.2. The molecule has 0 amide bonds. The minimum atomic E-state index is -2.95. The fourth-order valence-electron chi connectivity index (χ4n) is 11.3. The summed E-state index contributed by atoms with van der Waals surface area (Å²) in [5, 5.41) is 10.2. The van der Waals surface area contributed by atoms with Gasteiger partial charge >= 0.3 is 0 Å². The van der Waals surface area contributed by atoms with Crippen LogP contribution in [0.15, 0.2) is 249 Å². The van der Waals surface area contributed by atoms with E-state index in [2.05, 4.69) is 267 Å². The summed E-state index contributed by atoms with van der Waals surface area (Å²) in [6.07, 6.45) is 0. The van der Waals surface area contributed by atoms with Crippen LogP contribution in [0.5, 0.6) is 0 Å². The van der Waals surface area contributed by atoms with Gasteiger partial charge in [0.25, 0.3) is 0 Å². The van der Waals surface area contributed by atoms with Crippen molar-refractivity contribution in [3.63, 3.8) is 0 Å². The first-order valence-corrected chi connectivity index (χ1v) is 25.0. The summed E-state index contributed by atoms with van der Waals surface area (Å²) in [6.45, 7) is 0. The van der Waals surface area contributed by atoms with E-state index in [-0.39, 0.29) is 0 Å². The zero-order valence-corrected chi connectivity index (χ0v) is 37.4. The molecule has 0 aliphatic carbocycles. The second-order valence-electron chi connectivity index (χ2n) is 17.5. The van der Waals surface area contributed by atoms with Crippen molar-refractivity contribution in [3.05, 3.63) is 249 Å². The summed E-state index contributed by atoms with van der Waals surface area (Å²) in [4.78, 5) is 5.50. The number of rotatable bonds is 7. The van der Waals surface area contributed by atoms with E-state index in [4.69, 9.17) is 4.98 Å². The quantitative estimate of drug-likeness (QED) is 0.116. The summed E-state index contributed by atoms with van der Waals surface area (Å²) in [5.74, 6) is 0.864. The minimum absolute atomic E-state index is 0.864. The Hall–Kier alpha value is -8.71. The van der Waals surface area contributed by atoms with Crippen molar-refractivity contribution in [1.82, 2.24) is 23.1 Å². The SMILES string of the molecule is c1ccc([Si](c2ccccc2)(c2ccccc2)c2ccc(-n3c4ccc(-n5c6ccccc6c6ccccc65)cc4n4c5ccccc5nc34)c(-n3c4ccccc4c4ccccc43)c2)cc1. The molecule has 5 nitrogen and oxygen atoms in total. The molecule has 0 atom stereocenters. The van der Waals surface area contributed by atoms with Crippen molar-refractivity contribution < 1.29 is 0 Å². The number of benzene rings is 10. The molecular weight excluding hydrogens is 831 g/mol. The maximum Gasteiger partial charge on any atom is 0.220 e. The van der Waals surface area contributed by atoms with Crippen LogP contribution in [-0.2, 0) is 0 Å². The van der Waals surface area contributed by atoms with E-state index >= 15 is 0 Å². The third-order valence-corrected chi connectivity index (χ3v) is 18.9. The van der Waals surface area contributed by atoms with Gasteiger partial charge in [0.1, 0.15) is 0 Å². The number of para-hydroxylation sites is 6. The van der Waals surface area contributed by atoms with Crippen LogP contribution < -0.4 is 20.7 Å². The van der Waals surface area contributed by atoms with Crippen LogP contribution in [0.1, 0.15) is 0 Å². The fraction of sp³-hybridized carbons (Fsp3) is 0. The molecule has 6 heteroatoms. The van der Waals surface area contributed by atoms with Crippen LogP contribution in [0, 0.1) is 0 Å². The average Bonchev–Trinajstić information content (AvgIpc) is 4.13. The Balaban J connectivity index is 1.13. The molecular formula is C61H41N5Si. The Morgan fingerprint density at radius 3 is 1.25 bits per heavy atom. The van der Waals surface area contributed by atoms with E-state index in [9.17, 15) is 0 Å². The van der Waals surface area contributed by atoms with Gasteiger partial charge in [-0.05, 0) is 87.5 Å². The highest BCUT2D eigenvalue weighted by Crippen LogP contribution is 2.39. The first kappa shape index (κ1) is 37.6. The molecule has 0 spiro atoms. The third kappa shape index (κ3) is 5.39. The first-order valence-electron chi connectivity index (χ1n) is 23.0. The van der Waals surface area contributed by atoms with Crippen LogP contribution in [0.25, 0.3) is 88.5 Å². The molecule has 0 fully saturated rings. The number of hydrogen-bond acceptors (Lipinski definition) is 1. The van der Waals surface area contributed by atoms with Crippen LogP contribution >= 0.6 is 0 Å². The van der Waals surface area contributed by atoms with Gasteiger partial charge in [-0.3, -0.25) is 8.97 Å². The second-order valence-corrected chi connectivity index (χ2v) is 21.3. The summed E-state index contributed by atoms with van der Waals surface area (Å²) < 4.78 is 9.68. The Morgan fingerprint density at radius 1 is 0.284 bits per heavy atom. The fourth-order valence-corrected chi connectivity index (χ4v) is 16.1. The van der Waals surface area contributed by atoms with Crippen molar-refractivity contribution in [3.8, 4) is 17.1 Å². The number of hydrogen-bond donors (Lipinski definition) is 0. The molecule has 0 radical (unpaired) electrons. The Bertz CT molecular complexity index is 4010. The lowest BCUT2D eigenvalue weighted by molar-refractivity contribution is 1.06. The van der Waals surface area contributed by atoms with E-state index < -0.39 is 8.07 Å². The molecule has 10 aromatic carbocycles. The minimum Gasteiger partial charge on any atom is -0.309 e. The van der Waals surface area contributed by atoms with Crippen LogP contribution in [0.3, 0.4) is 0 Å². The summed E-state index contributed by atoms with van der Waals surface area (Å²) in [7, 11) is -2.95. The molecule has 4 aromatic heterocycles. The highest BCUT2D eigenvalue weighted by Gasteiger charge is 2.42. The van der Waals surface area contributed by atoms with E-state index in [1.165, 1.54) is 53.3 Å². The number of nitrogens with zero attached hydrogens (tertiary/aromatic N) is 5. The molecule has 14 aromatic rings. The Morgan fingerprint density at radius 2 is 0.731 bits per heavy atom. The molecule has 0 aliphatic rings. The van der Waals surface area contributed by atoms with Crippen molar-refractivity contribution in [2.75, 3.05) is 0 Å². The molecule has 67 heavy (non-hydrogen) atoms. The first-order chi connectivity index (χ1) is 33.3. The Labute approximate surface area is 387 Å². The molecule has 0 saturated heterocycles. The van der Waals surface area contributed by atoms with E-state index in [1.54, 1.807) is 0 Å². The lowest BCUT2D eigenvalue weighted by Crippen LogP contribution is -2.74. The van der Waals surface area contributed by atoms with Crippen LogP contribution in [0.4, 0.5) is 0 Å².